The Hall–Kier alpha value is -2.12. The maximum absolute atomic E-state index is 12.5. The van der Waals surface area contributed by atoms with Crippen molar-refractivity contribution in [3.8, 4) is 5.88 Å². The normalized spacial score (nSPS) is 33.5. The number of hydrogen-bond acceptors (Lipinski definition) is 5. The molecule has 4 aliphatic rings. The summed E-state index contributed by atoms with van der Waals surface area (Å²) in [6.45, 7) is -0.0219. The highest BCUT2D eigenvalue weighted by atomic mass is 16.6. The molecule has 0 spiro atoms. The number of ether oxygens (including phenoxy) is 1. The summed E-state index contributed by atoms with van der Waals surface area (Å²) < 4.78 is 6.18. The lowest BCUT2D eigenvalue weighted by atomic mass is 9.53. The lowest BCUT2D eigenvalue weighted by Crippen LogP contribution is -2.60. The maximum Gasteiger partial charge on any atom is 0.350 e. The minimum Gasteiger partial charge on any atom is -0.475 e. The van der Waals surface area contributed by atoms with E-state index in [0.717, 1.165) is 37.0 Å². The number of amides is 1. The van der Waals surface area contributed by atoms with Crippen LogP contribution in [0.3, 0.4) is 0 Å². The summed E-state index contributed by atoms with van der Waals surface area (Å²) in [5.74, 6) is 2.06. The summed E-state index contributed by atoms with van der Waals surface area (Å²) in [7, 11) is 1.33. The number of nitrogens with one attached hydrogen (secondary N) is 1. The van der Waals surface area contributed by atoms with Gasteiger partial charge in [0.25, 0.3) is 0 Å². The third-order valence-electron chi connectivity index (χ3n) is 5.85. The number of aromatic nitrogens is 2. The Kier molecular flexibility index (Phi) is 3.51. The second-order valence-electron chi connectivity index (χ2n) is 7.72. The zero-order valence-electron chi connectivity index (χ0n) is 13.7. The average molecular weight is 334 g/mol. The largest absolute Gasteiger partial charge is 0.475 e. The molecule has 0 saturated heterocycles. The van der Waals surface area contributed by atoms with Gasteiger partial charge in [-0.25, -0.2) is 0 Å². The summed E-state index contributed by atoms with van der Waals surface area (Å²) in [6.07, 6.45) is 8.43. The lowest BCUT2D eigenvalue weighted by molar-refractivity contribution is -0.385. The predicted molar refractivity (Wildman–Crippen MR) is 84.5 cm³/mol. The van der Waals surface area contributed by atoms with Crippen LogP contribution in [0.2, 0.25) is 0 Å². The van der Waals surface area contributed by atoms with E-state index in [4.69, 9.17) is 4.74 Å². The Morgan fingerprint density at radius 2 is 1.96 bits per heavy atom. The number of methoxy groups -OCH3 is 1. The highest BCUT2D eigenvalue weighted by molar-refractivity contribution is 5.76. The second kappa shape index (κ2) is 5.46. The molecule has 1 aromatic rings. The molecule has 1 N–H and O–H groups in total. The van der Waals surface area contributed by atoms with Gasteiger partial charge in [0, 0.05) is 5.54 Å². The molecule has 24 heavy (non-hydrogen) atoms. The first-order valence-corrected chi connectivity index (χ1v) is 8.53. The van der Waals surface area contributed by atoms with E-state index in [1.807, 2.05) is 0 Å². The van der Waals surface area contributed by atoms with Crippen LogP contribution in [0.5, 0.6) is 5.88 Å². The molecule has 8 nitrogen and oxygen atoms in total. The van der Waals surface area contributed by atoms with Crippen LogP contribution in [0.25, 0.3) is 0 Å². The molecule has 0 aromatic carbocycles. The van der Waals surface area contributed by atoms with E-state index in [9.17, 15) is 14.9 Å². The van der Waals surface area contributed by atoms with Gasteiger partial charge in [0.15, 0.2) is 0 Å². The Labute approximate surface area is 139 Å². The fourth-order valence-electron chi connectivity index (χ4n) is 5.49. The second-order valence-corrected chi connectivity index (χ2v) is 7.72. The molecule has 1 amide bonds. The van der Waals surface area contributed by atoms with E-state index in [0.29, 0.717) is 0 Å². The van der Waals surface area contributed by atoms with Crippen LogP contribution < -0.4 is 10.1 Å². The minimum absolute atomic E-state index is 0.0219. The van der Waals surface area contributed by atoms with Crippen LogP contribution in [0.4, 0.5) is 5.69 Å². The van der Waals surface area contributed by atoms with Gasteiger partial charge >= 0.3 is 11.6 Å². The fraction of sp³-hybridized carbons (Fsp3) is 0.750. The summed E-state index contributed by atoms with van der Waals surface area (Å²) in [5, 5.41) is 18.2. The summed E-state index contributed by atoms with van der Waals surface area (Å²) in [6, 6.07) is 0. The Morgan fingerprint density at radius 3 is 2.42 bits per heavy atom. The van der Waals surface area contributed by atoms with Crippen molar-refractivity contribution < 1.29 is 14.5 Å². The summed E-state index contributed by atoms with van der Waals surface area (Å²) in [5.41, 5.74) is -0.283. The highest BCUT2D eigenvalue weighted by Gasteiger charge is 2.51. The van der Waals surface area contributed by atoms with E-state index >= 15 is 0 Å². The van der Waals surface area contributed by atoms with Crippen molar-refractivity contribution in [3.63, 3.8) is 0 Å². The van der Waals surface area contributed by atoms with E-state index < -0.39 is 4.92 Å². The number of carbonyl (C=O) groups excluding carboxylic acids is 1. The number of nitro groups is 1. The third kappa shape index (κ3) is 2.63. The van der Waals surface area contributed by atoms with Crippen molar-refractivity contribution in [2.24, 2.45) is 17.8 Å². The quantitative estimate of drug-likeness (QED) is 0.655. The standard InChI is InChI=1S/C16H22N4O4/c1-24-15-13(20(22)23)8-19(18-15)9-14(21)17-16-5-10-2-11(6-16)4-12(3-10)7-16/h8,10-12H,2-7,9H2,1H3,(H,17,21). The van der Waals surface area contributed by atoms with Gasteiger partial charge in [-0.3, -0.25) is 19.6 Å². The smallest absolute Gasteiger partial charge is 0.350 e. The Bertz CT molecular complexity index is 648. The van der Waals surface area contributed by atoms with Gasteiger partial charge in [-0.2, -0.15) is 0 Å². The monoisotopic (exact) mass is 334 g/mol. The number of carbonyl (C=O) groups is 1. The molecule has 8 heteroatoms. The Balaban J connectivity index is 1.45. The van der Waals surface area contributed by atoms with Crippen LogP contribution >= 0.6 is 0 Å². The molecule has 0 atom stereocenters. The molecule has 4 aliphatic carbocycles. The molecule has 4 bridgehead atoms. The number of rotatable bonds is 5. The molecular formula is C16H22N4O4. The van der Waals surface area contributed by atoms with E-state index in [-0.39, 0.29) is 29.6 Å². The highest BCUT2D eigenvalue weighted by Crippen LogP contribution is 2.55. The van der Waals surface area contributed by atoms with Gasteiger partial charge < -0.3 is 10.1 Å². The summed E-state index contributed by atoms with van der Waals surface area (Å²) in [4.78, 5) is 22.9. The first kappa shape index (κ1) is 15.4. The molecule has 0 radical (unpaired) electrons. The molecule has 4 fully saturated rings. The van der Waals surface area contributed by atoms with Crippen LogP contribution in [-0.4, -0.2) is 33.3 Å². The molecule has 1 aromatic heterocycles. The number of hydrogen-bond donors (Lipinski definition) is 1. The van der Waals surface area contributed by atoms with Crippen molar-refractivity contribution in [1.82, 2.24) is 15.1 Å². The van der Waals surface area contributed by atoms with Gasteiger partial charge in [0.1, 0.15) is 12.7 Å². The van der Waals surface area contributed by atoms with Crippen LogP contribution in [0, 0.1) is 27.9 Å². The molecule has 130 valence electrons. The predicted octanol–water partition coefficient (Wildman–Crippen LogP) is 1.88. The molecule has 0 unspecified atom stereocenters. The zero-order chi connectivity index (χ0) is 16.9. The van der Waals surface area contributed by atoms with Gasteiger partial charge in [0.2, 0.25) is 5.91 Å². The van der Waals surface area contributed by atoms with Crippen LogP contribution in [0.1, 0.15) is 38.5 Å². The van der Waals surface area contributed by atoms with Crippen molar-refractivity contribution in [2.45, 2.75) is 50.6 Å². The van der Waals surface area contributed by atoms with Crippen LogP contribution in [-0.2, 0) is 11.3 Å². The van der Waals surface area contributed by atoms with E-state index in [2.05, 4.69) is 10.4 Å². The molecule has 0 aliphatic heterocycles. The Morgan fingerprint density at radius 1 is 1.38 bits per heavy atom. The van der Waals surface area contributed by atoms with Crippen molar-refractivity contribution >= 4 is 11.6 Å². The molecular weight excluding hydrogens is 312 g/mol. The topological polar surface area (TPSA) is 99.3 Å². The fourth-order valence-corrected chi connectivity index (χ4v) is 5.49. The number of nitrogens with zero attached hydrogens (tertiary/aromatic N) is 3. The van der Waals surface area contributed by atoms with Gasteiger partial charge in [0.05, 0.1) is 12.0 Å². The van der Waals surface area contributed by atoms with E-state index in [1.165, 1.54) is 37.3 Å². The first-order chi connectivity index (χ1) is 11.5. The molecule has 4 saturated carbocycles. The van der Waals surface area contributed by atoms with Gasteiger partial charge in [-0.05, 0) is 56.3 Å². The molecule has 1 heterocycles. The third-order valence-corrected chi connectivity index (χ3v) is 5.85. The zero-order valence-corrected chi connectivity index (χ0v) is 13.7. The van der Waals surface area contributed by atoms with Gasteiger partial charge in [-0.15, -0.1) is 5.10 Å². The average Bonchev–Trinajstić information content (AvgIpc) is 2.88. The first-order valence-electron chi connectivity index (χ1n) is 8.53. The summed E-state index contributed by atoms with van der Waals surface area (Å²) >= 11 is 0. The van der Waals surface area contributed by atoms with Crippen molar-refractivity contribution in [3.05, 3.63) is 16.3 Å². The minimum atomic E-state index is -0.556. The van der Waals surface area contributed by atoms with E-state index in [1.54, 1.807) is 0 Å². The lowest BCUT2D eigenvalue weighted by Gasteiger charge is -2.56. The van der Waals surface area contributed by atoms with Gasteiger partial charge in [-0.1, -0.05) is 0 Å². The SMILES string of the molecule is COc1nn(CC(=O)NC23CC4CC(CC(C4)C2)C3)cc1[N+](=O)[O-]. The maximum atomic E-state index is 12.5. The van der Waals surface area contributed by atoms with Crippen LogP contribution in [0.15, 0.2) is 6.20 Å². The van der Waals surface area contributed by atoms with Crippen molar-refractivity contribution in [1.29, 1.82) is 0 Å². The van der Waals surface area contributed by atoms with Crippen molar-refractivity contribution in [2.75, 3.05) is 7.11 Å². The molecule has 5 rings (SSSR count).